The van der Waals surface area contributed by atoms with Crippen LogP contribution in [0.15, 0.2) is 36.9 Å². The van der Waals surface area contributed by atoms with Crippen LogP contribution in [0, 0.1) is 0 Å². The molecule has 0 bridgehead atoms. The van der Waals surface area contributed by atoms with E-state index in [1.54, 1.807) is 18.6 Å². The van der Waals surface area contributed by atoms with Crippen molar-refractivity contribution in [2.75, 3.05) is 0 Å². The molecule has 4 heteroatoms. The average Bonchev–Trinajstić information content (AvgIpc) is 2.91. The van der Waals surface area contributed by atoms with Crippen LogP contribution in [0.25, 0.3) is 11.8 Å². The fraction of sp³-hybridized carbons (Fsp3) is 0.143. The number of hydrogen-bond donors (Lipinski definition) is 1. The number of aryl methyl sites for hydroxylation is 1. The number of allylic oxidation sites excluding steroid dienone is 1. The van der Waals surface area contributed by atoms with Crippen molar-refractivity contribution >= 4 is 17.7 Å². The van der Waals surface area contributed by atoms with E-state index in [-0.39, 0.29) is 5.91 Å². The van der Waals surface area contributed by atoms with Gasteiger partial charge in [0.1, 0.15) is 0 Å². The smallest absolute Gasteiger partial charge is 0.249 e. The number of fused-ring (bicyclic) bond motifs is 1. The zero-order valence-corrected chi connectivity index (χ0v) is 9.84. The number of carbonyl (C=O) groups excluding carboxylic acids is 1. The quantitative estimate of drug-likeness (QED) is 0.870. The van der Waals surface area contributed by atoms with Gasteiger partial charge in [-0.15, -0.1) is 0 Å². The fourth-order valence-electron chi connectivity index (χ4n) is 2.35. The molecule has 2 aromatic rings. The molecule has 1 amide bonds. The fourth-order valence-corrected chi connectivity index (χ4v) is 2.35. The Balaban J connectivity index is 2.13. The number of benzene rings is 1. The van der Waals surface area contributed by atoms with Crippen molar-refractivity contribution in [1.29, 1.82) is 0 Å². The van der Waals surface area contributed by atoms with E-state index in [2.05, 4.69) is 4.98 Å². The van der Waals surface area contributed by atoms with Crippen LogP contribution in [-0.4, -0.2) is 15.5 Å². The maximum atomic E-state index is 11.4. The van der Waals surface area contributed by atoms with Crippen molar-refractivity contribution in [2.45, 2.75) is 12.8 Å². The zero-order chi connectivity index (χ0) is 12.5. The van der Waals surface area contributed by atoms with Gasteiger partial charge in [0.15, 0.2) is 0 Å². The molecule has 0 unspecified atom stereocenters. The van der Waals surface area contributed by atoms with Gasteiger partial charge in [-0.25, -0.2) is 4.98 Å². The zero-order valence-electron chi connectivity index (χ0n) is 9.84. The van der Waals surface area contributed by atoms with Gasteiger partial charge in [-0.3, -0.25) is 4.79 Å². The molecule has 4 nitrogen and oxygen atoms in total. The summed E-state index contributed by atoms with van der Waals surface area (Å²) in [6.45, 7) is 0. The highest BCUT2D eigenvalue weighted by Gasteiger charge is 2.16. The van der Waals surface area contributed by atoms with Gasteiger partial charge >= 0.3 is 0 Å². The van der Waals surface area contributed by atoms with E-state index >= 15 is 0 Å². The summed E-state index contributed by atoms with van der Waals surface area (Å²) < 4.78 is 1.97. The molecule has 1 aromatic carbocycles. The maximum Gasteiger partial charge on any atom is 0.249 e. The monoisotopic (exact) mass is 239 g/mol. The lowest BCUT2D eigenvalue weighted by Crippen LogP contribution is -2.15. The summed E-state index contributed by atoms with van der Waals surface area (Å²) >= 11 is 0. The first-order valence-electron chi connectivity index (χ1n) is 5.86. The predicted molar refractivity (Wildman–Crippen MR) is 69.7 cm³/mol. The maximum absolute atomic E-state index is 11.4. The molecule has 0 fully saturated rings. The van der Waals surface area contributed by atoms with E-state index in [9.17, 15) is 4.79 Å². The summed E-state index contributed by atoms with van der Waals surface area (Å²) in [5.74, 6) is -0.380. The minimum atomic E-state index is -0.380. The highest BCUT2D eigenvalue weighted by molar-refractivity contribution is 5.98. The molecule has 0 aliphatic heterocycles. The second kappa shape index (κ2) is 4.14. The summed E-state index contributed by atoms with van der Waals surface area (Å²) in [6, 6.07) is 5.70. The molecule has 90 valence electrons. The summed E-state index contributed by atoms with van der Waals surface area (Å²) in [6.07, 6.45) is 9.30. The molecule has 3 rings (SSSR count). The highest BCUT2D eigenvalue weighted by atomic mass is 16.1. The van der Waals surface area contributed by atoms with Gasteiger partial charge in [0.2, 0.25) is 5.91 Å². The standard InChI is InChI=1S/C14H13N3O/c15-14(18)12-3-1-2-10-4-5-11(8-13(10)12)17-7-6-16-9-17/h1-3,6-9H,4-5H2,(H2,15,18). The molecule has 0 saturated carbocycles. The molecule has 1 heterocycles. The SMILES string of the molecule is NC(=O)c1cccc2c1C=C(n1ccnc1)CC2. The lowest BCUT2D eigenvalue weighted by atomic mass is 9.91. The molecule has 0 radical (unpaired) electrons. The first-order valence-corrected chi connectivity index (χ1v) is 5.86. The van der Waals surface area contributed by atoms with Crippen LogP contribution in [0.3, 0.4) is 0 Å². The van der Waals surface area contributed by atoms with Gasteiger partial charge in [0, 0.05) is 23.7 Å². The van der Waals surface area contributed by atoms with Gasteiger partial charge in [-0.05, 0) is 36.1 Å². The Bertz CT molecular complexity index is 626. The van der Waals surface area contributed by atoms with Crippen molar-refractivity contribution in [3.63, 3.8) is 0 Å². The van der Waals surface area contributed by atoms with Crippen molar-refractivity contribution in [3.05, 3.63) is 53.6 Å². The van der Waals surface area contributed by atoms with Gasteiger partial charge in [-0.2, -0.15) is 0 Å². The molecular weight excluding hydrogens is 226 g/mol. The molecule has 0 spiro atoms. The van der Waals surface area contributed by atoms with Crippen LogP contribution in [0.1, 0.15) is 27.9 Å². The third-order valence-corrected chi connectivity index (χ3v) is 3.26. The molecule has 1 aliphatic carbocycles. The van der Waals surface area contributed by atoms with Crippen LogP contribution >= 0.6 is 0 Å². The third-order valence-electron chi connectivity index (χ3n) is 3.26. The lowest BCUT2D eigenvalue weighted by molar-refractivity contribution is 0.1000. The Morgan fingerprint density at radius 3 is 2.94 bits per heavy atom. The number of hydrogen-bond acceptors (Lipinski definition) is 2. The minimum absolute atomic E-state index is 0.380. The van der Waals surface area contributed by atoms with Crippen molar-refractivity contribution in [1.82, 2.24) is 9.55 Å². The highest BCUT2D eigenvalue weighted by Crippen LogP contribution is 2.28. The molecule has 0 saturated heterocycles. The van der Waals surface area contributed by atoms with E-state index in [0.29, 0.717) is 5.56 Å². The molecule has 1 aliphatic rings. The predicted octanol–water partition coefficient (Wildman–Crippen LogP) is 1.93. The number of nitrogens with zero attached hydrogens (tertiary/aromatic N) is 2. The molecule has 1 aromatic heterocycles. The summed E-state index contributed by atoms with van der Waals surface area (Å²) in [5, 5.41) is 0. The summed E-state index contributed by atoms with van der Waals surface area (Å²) in [4.78, 5) is 15.5. The van der Waals surface area contributed by atoms with Gasteiger partial charge < -0.3 is 10.3 Å². The topological polar surface area (TPSA) is 60.9 Å². The number of carbonyl (C=O) groups is 1. The molecular formula is C14H13N3O. The molecule has 18 heavy (non-hydrogen) atoms. The lowest BCUT2D eigenvalue weighted by Gasteiger charge is -2.18. The van der Waals surface area contributed by atoms with Gasteiger partial charge in [-0.1, -0.05) is 12.1 Å². The van der Waals surface area contributed by atoms with E-state index in [1.807, 2.05) is 29.0 Å². The van der Waals surface area contributed by atoms with Crippen molar-refractivity contribution in [3.8, 4) is 0 Å². The van der Waals surface area contributed by atoms with Crippen LogP contribution in [-0.2, 0) is 6.42 Å². The summed E-state index contributed by atoms with van der Waals surface area (Å²) in [7, 11) is 0. The normalized spacial score (nSPS) is 13.9. The Hall–Kier alpha value is -2.36. The Kier molecular flexibility index (Phi) is 2.48. The van der Waals surface area contributed by atoms with Crippen LogP contribution in [0.5, 0.6) is 0 Å². The first-order chi connectivity index (χ1) is 8.75. The van der Waals surface area contributed by atoms with Gasteiger partial charge in [0.25, 0.3) is 0 Å². The van der Waals surface area contributed by atoms with E-state index in [0.717, 1.165) is 24.1 Å². The Morgan fingerprint density at radius 2 is 2.22 bits per heavy atom. The van der Waals surface area contributed by atoms with E-state index in [1.165, 1.54) is 5.56 Å². The minimum Gasteiger partial charge on any atom is -0.366 e. The van der Waals surface area contributed by atoms with E-state index < -0.39 is 0 Å². The van der Waals surface area contributed by atoms with E-state index in [4.69, 9.17) is 5.73 Å². The second-order valence-corrected chi connectivity index (χ2v) is 4.35. The van der Waals surface area contributed by atoms with Crippen LogP contribution in [0.4, 0.5) is 0 Å². The number of amides is 1. The van der Waals surface area contributed by atoms with Gasteiger partial charge in [0.05, 0.1) is 6.33 Å². The third kappa shape index (κ3) is 1.72. The second-order valence-electron chi connectivity index (χ2n) is 4.35. The first kappa shape index (κ1) is 10.8. The largest absolute Gasteiger partial charge is 0.366 e. The number of imidazole rings is 1. The number of nitrogens with two attached hydrogens (primary N) is 1. The number of rotatable bonds is 2. The number of aromatic nitrogens is 2. The molecule has 2 N–H and O–H groups in total. The average molecular weight is 239 g/mol. The summed E-state index contributed by atoms with van der Waals surface area (Å²) in [5.41, 5.74) is 9.26. The molecule has 0 atom stereocenters. The van der Waals surface area contributed by atoms with Crippen molar-refractivity contribution in [2.24, 2.45) is 5.73 Å². The Morgan fingerprint density at radius 1 is 1.33 bits per heavy atom. The Labute approximate surface area is 105 Å². The number of primary amides is 1. The van der Waals surface area contributed by atoms with Crippen LogP contribution < -0.4 is 5.73 Å². The van der Waals surface area contributed by atoms with Crippen molar-refractivity contribution < 1.29 is 4.79 Å². The van der Waals surface area contributed by atoms with Crippen LogP contribution in [0.2, 0.25) is 0 Å².